The van der Waals surface area contributed by atoms with E-state index in [2.05, 4.69) is 31.1 Å². The minimum atomic E-state index is -0.206. The van der Waals surface area contributed by atoms with Crippen molar-refractivity contribution >= 4 is 26.7 Å². The van der Waals surface area contributed by atoms with Gasteiger partial charge in [-0.15, -0.1) is 0 Å². The summed E-state index contributed by atoms with van der Waals surface area (Å²) in [6, 6.07) is 5.08. The van der Waals surface area contributed by atoms with E-state index in [0.29, 0.717) is 12.0 Å². The lowest BCUT2D eigenvalue weighted by Gasteiger charge is -2.18. The molecule has 2 unspecified atom stereocenters. The van der Waals surface area contributed by atoms with Crippen molar-refractivity contribution in [1.82, 2.24) is 4.98 Å². The molecular formula is C13H17FN2S. The lowest BCUT2D eigenvalue weighted by atomic mass is 10.0. The van der Waals surface area contributed by atoms with E-state index >= 15 is 0 Å². The Hall–Kier alpha value is -1.16. The summed E-state index contributed by atoms with van der Waals surface area (Å²) in [6.45, 7) is 6.54. The Labute approximate surface area is 105 Å². The number of nitrogens with zero attached hydrogens (tertiary/aromatic N) is 1. The predicted molar refractivity (Wildman–Crippen MR) is 72.1 cm³/mol. The number of thiazole rings is 1. The molecule has 0 aliphatic heterocycles. The van der Waals surface area contributed by atoms with Crippen molar-refractivity contribution in [2.75, 3.05) is 5.32 Å². The normalized spacial score (nSPS) is 14.8. The van der Waals surface area contributed by atoms with Gasteiger partial charge in [-0.1, -0.05) is 31.6 Å². The van der Waals surface area contributed by atoms with Gasteiger partial charge in [-0.2, -0.15) is 0 Å². The van der Waals surface area contributed by atoms with Gasteiger partial charge in [-0.25, -0.2) is 9.37 Å². The third-order valence-corrected chi connectivity index (χ3v) is 4.15. The standard InChI is InChI=1S/C13H17FN2S/c1-4-8(2)9(3)15-13-16-11-6-5-10(14)7-12(11)17-13/h5-9H,4H2,1-3H3,(H,15,16). The van der Waals surface area contributed by atoms with E-state index in [1.54, 1.807) is 6.07 Å². The molecule has 0 saturated carbocycles. The van der Waals surface area contributed by atoms with Gasteiger partial charge in [0.25, 0.3) is 0 Å². The number of aromatic nitrogens is 1. The maximum Gasteiger partial charge on any atom is 0.184 e. The van der Waals surface area contributed by atoms with Crippen LogP contribution in [0.2, 0.25) is 0 Å². The zero-order valence-electron chi connectivity index (χ0n) is 10.3. The Morgan fingerprint density at radius 2 is 2.18 bits per heavy atom. The fourth-order valence-electron chi connectivity index (χ4n) is 1.65. The highest BCUT2D eigenvalue weighted by Crippen LogP contribution is 2.27. The summed E-state index contributed by atoms with van der Waals surface area (Å²) in [7, 11) is 0. The van der Waals surface area contributed by atoms with Crippen molar-refractivity contribution in [3.05, 3.63) is 24.0 Å². The van der Waals surface area contributed by atoms with Crippen LogP contribution >= 0.6 is 11.3 Å². The smallest absolute Gasteiger partial charge is 0.184 e. The maximum absolute atomic E-state index is 13.0. The average Bonchev–Trinajstić information content (AvgIpc) is 2.69. The van der Waals surface area contributed by atoms with Crippen molar-refractivity contribution in [1.29, 1.82) is 0 Å². The molecule has 0 aliphatic carbocycles. The molecule has 0 spiro atoms. The number of hydrogen-bond acceptors (Lipinski definition) is 3. The molecule has 0 saturated heterocycles. The first kappa shape index (κ1) is 12.3. The monoisotopic (exact) mass is 252 g/mol. The first-order chi connectivity index (χ1) is 8.10. The van der Waals surface area contributed by atoms with Crippen LogP contribution in [0, 0.1) is 11.7 Å². The number of benzene rings is 1. The van der Waals surface area contributed by atoms with Crippen LogP contribution in [-0.2, 0) is 0 Å². The molecule has 0 fully saturated rings. The van der Waals surface area contributed by atoms with E-state index < -0.39 is 0 Å². The minimum absolute atomic E-state index is 0.206. The Morgan fingerprint density at radius 3 is 2.88 bits per heavy atom. The number of hydrogen-bond donors (Lipinski definition) is 1. The van der Waals surface area contributed by atoms with Gasteiger partial charge < -0.3 is 5.32 Å². The van der Waals surface area contributed by atoms with Crippen LogP contribution in [0.4, 0.5) is 9.52 Å². The Morgan fingerprint density at radius 1 is 1.41 bits per heavy atom. The molecule has 1 aromatic carbocycles. The van der Waals surface area contributed by atoms with Gasteiger partial charge in [0.15, 0.2) is 5.13 Å². The molecule has 17 heavy (non-hydrogen) atoms. The van der Waals surface area contributed by atoms with Crippen LogP contribution in [0.15, 0.2) is 18.2 Å². The first-order valence-electron chi connectivity index (χ1n) is 5.92. The maximum atomic E-state index is 13.0. The van der Waals surface area contributed by atoms with E-state index in [4.69, 9.17) is 0 Å². The number of fused-ring (bicyclic) bond motifs is 1. The van der Waals surface area contributed by atoms with Gasteiger partial charge in [0, 0.05) is 6.04 Å². The Kier molecular flexibility index (Phi) is 3.62. The molecule has 2 nitrogen and oxygen atoms in total. The number of halogens is 1. The average molecular weight is 252 g/mol. The van der Waals surface area contributed by atoms with Crippen LogP contribution < -0.4 is 5.32 Å². The zero-order valence-corrected chi connectivity index (χ0v) is 11.1. The van der Waals surface area contributed by atoms with Crippen LogP contribution in [0.1, 0.15) is 27.2 Å². The molecular weight excluding hydrogens is 235 g/mol. The first-order valence-corrected chi connectivity index (χ1v) is 6.74. The Bertz CT molecular complexity index is 509. The summed E-state index contributed by atoms with van der Waals surface area (Å²) in [5.41, 5.74) is 0.857. The molecule has 0 aliphatic rings. The molecule has 0 radical (unpaired) electrons. The number of rotatable bonds is 4. The van der Waals surface area contributed by atoms with Crippen molar-refractivity contribution in [2.24, 2.45) is 5.92 Å². The number of nitrogens with one attached hydrogen (secondary N) is 1. The zero-order chi connectivity index (χ0) is 12.4. The van der Waals surface area contributed by atoms with E-state index in [9.17, 15) is 4.39 Å². The molecule has 2 aromatic rings. The summed E-state index contributed by atoms with van der Waals surface area (Å²) < 4.78 is 13.9. The molecule has 0 amide bonds. The summed E-state index contributed by atoms with van der Waals surface area (Å²) in [4.78, 5) is 4.45. The van der Waals surface area contributed by atoms with Crippen molar-refractivity contribution in [3.8, 4) is 0 Å². The Balaban J connectivity index is 2.19. The van der Waals surface area contributed by atoms with Gasteiger partial charge in [-0.3, -0.25) is 0 Å². The molecule has 4 heteroatoms. The van der Waals surface area contributed by atoms with Crippen molar-refractivity contribution < 1.29 is 4.39 Å². The molecule has 0 bridgehead atoms. The highest BCUT2D eigenvalue weighted by atomic mass is 32.1. The molecule has 1 heterocycles. The third-order valence-electron chi connectivity index (χ3n) is 3.20. The summed E-state index contributed by atoms with van der Waals surface area (Å²) >= 11 is 1.51. The van der Waals surface area contributed by atoms with E-state index in [0.717, 1.165) is 21.8 Å². The molecule has 2 atom stereocenters. The van der Waals surface area contributed by atoms with E-state index in [-0.39, 0.29) is 5.82 Å². The van der Waals surface area contributed by atoms with Gasteiger partial charge in [0.2, 0.25) is 0 Å². The molecule has 1 N–H and O–H groups in total. The SMILES string of the molecule is CCC(C)C(C)Nc1nc2ccc(F)cc2s1. The highest BCUT2D eigenvalue weighted by molar-refractivity contribution is 7.22. The quantitative estimate of drug-likeness (QED) is 0.878. The van der Waals surface area contributed by atoms with Crippen LogP contribution in [-0.4, -0.2) is 11.0 Å². The van der Waals surface area contributed by atoms with Crippen molar-refractivity contribution in [2.45, 2.75) is 33.2 Å². The second-order valence-electron chi connectivity index (χ2n) is 4.45. The fraction of sp³-hybridized carbons (Fsp3) is 0.462. The van der Waals surface area contributed by atoms with Gasteiger partial charge in [0.05, 0.1) is 10.2 Å². The molecule has 2 rings (SSSR count). The minimum Gasteiger partial charge on any atom is -0.359 e. The van der Waals surface area contributed by atoms with E-state index in [1.165, 1.54) is 23.5 Å². The predicted octanol–water partition coefficient (Wildman–Crippen LogP) is 4.28. The highest BCUT2D eigenvalue weighted by Gasteiger charge is 2.12. The van der Waals surface area contributed by atoms with Gasteiger partial charge in [0.1, 0.15) is 5.82 Å². The van der Waals surface area contributed by atoms with E-state index in [1.807, 2.05) is 0 Å². The lowest BCUT2D eigenvalue weighted by Crippen LogP contribution is -2.22. The van der Waals surface area contributed by atoms with Crippen molar-refractivity contribution in [3.63, 3.8) is 0 Å². The lowest BCUT2D eigenvalue weighted by molar-refractivity contribution is 0.494. The summed E-state index contributed by atoms with van der Waals surface area (Å²) in [5, 5.41) is 4.26. The van der Waals surface area contributed by atoms with Crippen LogP contribution in [0.5, 0.6) is 0 Å². The second-order valence-corrected chi connectivity index (χ2v) is 5.48. The van der Waals surface area contributed by atoms with Gasteiger partial charge >= 0.3 is 0 Å². The largest absolute Gasteiger partial charge is 0.359 e. The third kappa shape index (κ3) is 2.75. The topological polar surface area (TPSA) is 24.9 Å². The summed E-state index contributed by atoms with van der Waals surface area (Å²) in [5.74, 6) is 0.390. The molecule has 92 valence electrons. The fourth-order valence-corrected chi connectivity index (χ4v) is 2.64. The summed E-state index contributed by atoms with van der Waals surface area (Å²) in [6.07, 6.45) is 1.13. The molecule has 1 aromatic heterocycles. The number of anilines is 1. The van der Waals surface area contributed by atoms with Crippen LogP contribution in [0.3, 0.4) is 0 Å². The van der Waals surface area contributed by atoms with Crippen LogP contribution in [0.25, 0.3) is 10.2 Å². The second kappa shape index (κ2) is 5.00. The van der Waals surface area contributed by atoms with Gasteiger partial charge in [-0.05, 0) is 31.0 Å².